The summed E-state index contributed by atoms with van der Waals surface area (Å²) in [7, 11) is 0. The van der Waals surface area contributed by atoms with Crippen LogP contribution in [0.25, 0.3) is 0 Å². The van der Waals surface area contributed by atoms with E-state index in [1.54, 1.807) is 18.5 Å². The summed E-state index contributed by atoms with van der Waals surface area (Å²) >= 11 is 6.01. The zero-order valence-corrected chi connectivity index (χ0v) is 10.4. The molecule has 1 aromatic heterocycles. The molecule has 1 saturated heterocycles. The fourth-order valence-electron chi connectivity index (χ4n) is 1.72. The number of nitrogens with one attached hydrogen (secondary N) is 1. The predicted octanol–water partition coefficient (Wildman–Crippen LogP) is 2.61. The monoisotopic (exact) mass is 261 g/mol. The topological polar surface area (TPSA) is 47.0 Å². The van der Waals surface area contributed by atoms with E-state index in [2.05, 4.69) is 15.3 Å². The maximum absolute atomic E-state index is 6.01. The summed E-state index contributed by atoms with van der Waals surface area (Å²) < 4.78 is 5.62. The van der Waals surface area contributed by atoms with Gasteiger partial charge in [-0.2, -0.15) is 0 Å². The molecule has 0 atom stereocenters. The number of aromatic nitrogens is 2. The van der Waals surface area contributed by atoms with Crippen LogP contribution >= 0.6 is 11.6 Å². The molecule has 1 aliphatic rings. The molecule has 18 heavy (non-hydrogen) atoms. The molecule has 92 valence electrons. The van der Waals surface area contributed by atoms with Crippen LogP contribution in [0.4, 0.5) is 0 Å². The number of hydrogen-bond donors (Lipinski definition) is 1. The second-order valence-corrected chi connectivity index (χ2v) is 4.57. The molecule has 0 amide bonds. The molecule has 0 aliphatic carbocycles. The Labute approximate surface area is 110 Å². The van der Waals surface area contributed by atoms with Gasteiger partial charge in [0.25, 0.3) is 0 Å². The first-order valence-electron chi connectivity index (χ1n) is 5.78. The van der Waals surface area contributed by atoms with Gasteiger partial charge < -0.3 is 10.1 Å². The van der Waals surface area contributed by atoms with Crippen LogP contribution in [0.3, 0.4) is 0 Å². The standard InChI is InChI=1S/C13H12ClN3O/c14-11-3-1-2-4-12(11)18-10-7-16-13(17-8-10)9-5-15-6-9/h1-4,7-9,15H,5-6H2. The highest BCUT2D eigenvalue weighted by Gasteiger charge is 2.21. The summed E-state index contributed by atoms with van der Waals surface area (Å²) in [5, 5.41) is 3.77. The van der Waals surface area contributed by atoms with E-state index in [0.717, 1.165) is 18.9 Å². The fourth-order valence-corrected chi connectivity index (χ4v) is 1.89. The van der Waals surface area contributed by atoms with Crippen molar-refractivity contribution < 1.29 is 4.74 Å². The van der Waals surface area contributed by atoms with Crippen molar-refractivity contribution in [2.24, 2.45) is 0 Å². The van der Waals surface area contributed by atoms with E-state index < -0.39 is 0 Å². The van der Waals surface area contributed by atoms with Crippen molar-refractivity contribution >= 4 is 11.6 Å². The van der Waals surface area contributed by atoms with Gasteiger partial charge >= 0.3 is 0 Å². The lowest BCUT2D eigenvalue weighted by Gasteiger charge is -2.25. The van der Waals surface area contributed by atoms with Crippen molar-refractivity contribution in [1.29, 1.82) is 0 Å². The quantitative estimate of drug-likeness (QED) is 0.923. The van der Waals surface area contributed by atoms with Crippen LogP contribution in [0.2, 0.25) is 5.02 Å². The number of rotatable bonds is 3. The third kappa shape index (κ3) is 2.30. The summed E-state index contributed by atoms with van der Waals surface area (Å²) in [6.07, 6.45) is 3.37. The minimum absolute atomic E-state index is 0.430. The van der Waals surface area contributed by atoms with Gasteiger partial charge in [0.2, 0.25) is 0 Å². The molecule has 1 N–H and O–H groups in total. The number of halogens is 1. The van der Waals surface area contributed by atoms with Crippen molar-refractivity contribution in [2.45, 2.75) is 5.92 Å². The molecule has 1 aliphatic heterocycles. The van der Waals surface area contributed by atoms with Gasteiger partial charge in [0.1, 0.15) is 11.6 Å². The Balaban J connectivity index is 1.75. The van der Waals surface area contributed by atoms with E-state index in [0.29, 0.717) is 22.4 Å². The van der Waals surface area contributed by atoms with Crippen molar-refractivity contribution in [3.8, 4) is 11.5 Å². The second kappa shape index (κ2) is 4.92. The molecule has 0 radical (unpaired) electrons. The Bertz CT molecular complexity index is 540. The Morgan fingerprint density at radius 3 is 2.50 bits per heavy atom. The van der Waals surface area contributed by atoms with E-state index >= 15 is 0 Å². The van der Waals surface area contributed by atoms with Gasteiger partial charge in [-0.3, -0.25) is 0 Å². The van der Waals surface area contributed by atoms with Crippen molar-refractivity contribution in [2.75, 3.05) is 13.1 Å². The Morgan fingerprint density at radius 2 is 1.89 bits per heavy atom. The predicted molar refractivity (Wildman–Crippen MR) is 69.2 cm³/mol. The largest absolute Gasteiger partial charge is 0.453 e. The molecule has 1 aromatic carbocycles. The normalized spacial score (nSPS) is 15.2. The van der Waals surface area contributed by atoms with Gasteiger partial charge in [-0.05, 0) is 12.1 Å². The van der Waals surface area contributed by atoms with E-state index in [1.807, 2.05) is 18.2 Å². The zero-order chi connectivity index (χ0) is 12.4. The van der Waals surface area contributed by atoms with Gasteiger partial charge in [0.05, 0.1) is 17.4 Å². The molecule has 2 aromatic rings. The molecule has 0 saturated carbocycles. The third-order valence-corrected chi connectivity index (χ3v) is 3.17. The Morgan fingerprint density at radius 1 is 1.17 bits per heavy atom. The molecular weight excluding hydrogens is 250 g/mol. The number of hydrogen-bond acceptors (Lipinski definition) is 4. The van der Waals surface area contributed by atoms with Crippen molar-refractivity contribution in [3.63, 3.8) is 0 Å². The third-order valence-electron chi connectivity index (χ3n) is 2.86. The van der Waals surface area contributed by atoms with Gasteiger partial charge in [-0.25, -0.2) is 9.97 Å². The summed E-state index contributed by atoms with van der Waals surface area (Å²) in [5.74, 6) is 2.50. The SMILES string of the molecule is Clc1ccccc1Oc1cnc(C2CNC2)nc1. The van der Waals surface area contributed by atoms with Crippen molar-refractivity contribution in [1.82, 2.24) is 15.3 Å². The minimum Gasteiger partial charge on any atom is -0.453 e. The molecule has 0 bridgehead atoms. The summed E-state index contributed by atoms with van der Waals surface area (Å²) in [6.45, 7) is 1.90. The van der Waals surface area contributed by atoms with Crippen LogP contribution in [-0.4, -0.2) is 23.1 Å². The Kier molecular flexibility index (Phi) is 3.13. The van der Waals surface area contributed by atoms with Gasteiger partial charge in [-0.15, -0.1) is 0 Å². The lowest BCUT2D eigenvalue weighted by Crippen LogP contribution is -2.40. The number of ether oxygens (including phenoxy) is 1. The van der Waals surface area contributed by atoms with Crippen molar-refractivity contribution in [3.05, 3.63) is 47.5 Å². The molecular formula is C13H12ClN3O. The Hall–Kier alpha value is -1.65. The second-order valence-electron chi connectivity index (χ2n) is 4.16. The lowest BCUT2D eigenvalue weighted by molar-refractivity contribution is 0.424. The van der Waals surface area contributed by atoms with E-state index in [1.165, 1.54) is 0 Å². The summed E-state index contributed by atoms with van der Waals surface area (Å²) in [5.41, 5.74) is 0. The molecule has 2 heterocycles. The summed E-state index contributed by atoms with van der Waals surface area (Å²) in [6, 6.07) is 7.33. The lowest BCUT2D eigenvalue weighted by atomic mass is 10.0. The van der Waals surface area contributed by atoms with Crippen LogP contribution < -0.4 is 10.1 Å². The average Bonchev–Trinajstić information content (AvgIpc) is 2.32. The summed E-state index contributed by atoms with van der Waals surface area (Å²) in [4.78, 5) is 8.61. The smallest absolute Gasteiger partial charge is 0.164 e. The fraction of sp³-hybridized carbons (Fsp3) is 0.231. The highest BCUT2D eigenvalue weighted by atomic mass is 35.5. The first-order valence-corrected chi connectivity index (χ1v) is 6.16. The maximum atomic E-state index is 6.01. The van der Waals surface area contributed by atoms with E-state index in [-0.39, 0.29) is 0 Å². The van der Waals surface area contributed by atoms with E-state index in [9.17, 15) is 0 Å². The molecule has 3 rings (SSSR count). The maximum Gasteiger partial charge on any atom is 0.164 e. The van der Waals surface area contributed by atoms with Crippen LogP contribution in [0, 0.1) is 0 Å². The van der Waals surface area contributed by atoms with Gasteiger partial charge in [-0.1, -0.05) is 23.7 Å². The minimum atomic E-state index is 0.430. The first-order chi connectivity index (χ1) is 8.83. The first kappa shape index (κ1) is 11.4. The molecule has 0 spiro atoms. The number of benzene rings is 1. The highest BCUT2D eigenvalue weighted by Crippen LogP contribution is 2.28. The highest BCUT2D eigenvalue weighted by molar-refractivity contribution is 6.32. The van der Waals surface area contributed by atoms with Crippen LogP contribution in [0.15, 0.2) is 36.7 Å². The molecule has 5 heteroatoms. The molecule has 0 unspecified atom stereocenters. The van der Waals surface area contributed by atoms with E-state index in [4.69, 9.17) is 16.3 Å². The van der Waals surface area contributed by atoms with Gasteiger partial charge in [0, 0.05) is 19.0 Å². The van der Waals surface area contributed by atoms with Crippen LogP contribution in [-0.2, 0) is 0 Å². The van der Waals surface area contributed by atoms with Crippen LogP contribution in [0.5, 0.6) is 11.5 Å². The average molecular weight is 262 g/mol. The molecule has 1 fully saturated rings. The number of para-hydroxylation sites is 1. The molecule has 4 nitrogen and oxygen atoms in total. The van der Waals surface area contributed by atoms with Gasteiger partial charge in [0.15, 0.2) is 5.75 Å². The zero-order valence-electron chi connectivity index (χ0n) is 9.64. The van der Waals surface area contributed by atoms with Crippen LogP contribution in [0.1, 0.15) is 11.7 Å². The number of nitrogens with zero attached hydrogens (tertiary/aromatic N) is 2.